The second kappa shape index (κ2) is 11.3. The van der Waals surface area contributed by atoms with Crippen LogP contribution in [0.1, 0.15) is 31.9 Å². The van der Waals surface area contributed by atoms with Crippen molar-refractivity contribution in [3.05, 3.63) is 35.4 Å². The smallest absolute Gasteiger partial charge is 0.357 e. The Bertz CT molecular complexity index is 715. The lowest BCUT2D eigenvalue weighted by atomic mass is 10.1. The minimum Gasteiger partial charge on any atom is -0.357 e. The van der Waals surface area contributed by atoms with Gasteiger partial charge in [0.25, 0.3) is 0 Å². The minimum atomic E-state index is -4.34. The Labute approximate surface area is 165 Å². The molecule has 1 aromatic carbocycles. The number of hydrogen-bond acceptors (Lipinski definition) is 3. The number of benzene rings is 1. The maximum absolute atomic E-state index is 12.6. The van der Waals surface area contributed by atoms with Gasteiger partial charge in [0.15, 0.2) is 5.96 Å². The van der Waals surface area contributed by atoms with Crippen molar-refractivity contribution in [3.63, 3.8) is 0 Å². The van der Waals surface area contributed by atoms with Crippen LogP contribution >= 0.6 is 0 Å². The van der Waals surface area contributed by atoms with Crippen molar-refractivity contribution in [2.45, 2.75) is 33.4 Å². The van der Waals surface area contributed by atoms with Gasteiger partial charge in [-0.2, -0.15) is 13.2 Å². The van der Waals surface area contributed by atoms with E-state index in [1.807, 2.05) is 6.92 Å². The molecule has 0 aromatic heterocycles. The van der Waals surface area contributed by atoms with E-state index in [4.69, 9.17) is 0 Å². The molecule has 6 nitrogen and oxygen atoms in total. The van der Waals surface area contributed by atoms with E-state index in [0.717, 1.165) is 17.7 Å². The predicted octanol–water partition coefficient (Wildman–Crippen LogP) is 2.47. The Hall–Kier alpha value is -1.81. The molecule has 0 radical (unpaired) electrons. The van der Waals surface area contributed by atoms with E-state index in [2.05, 4.69) is 15.6 Å². The third kappa shape index (κ3) is 8.05. The van der Waals surface area contributed by atoms with E-state index < -0.39 is 21.8 Å². The summed E-state index contributed by atoms with van der Waals surface area (Å²) in [5.41, 5.74) is 0.0916. The molecule has 10 heteroatoms. The zero-order valence-corrected chi connectivity index (χ0v) is 17.3. The molecule has 2 N–H and O–H groups in total. The molecule has 0 saturated heterocycles. The summed E-state index contributed by atoms with van der Waals surface area (Å²) in [6.45, 7) is 7.50. The number of hydrogen-bond donors (Lipinski definition) is 2. The van der Waals surface area contributed by atoms with Crippen molar-refractivity contribution in [2.24, 2.45) is 4.99 Å². The highest BCUT2D eigenvalue weighted by Crippen LogP contribution is 2.29. The monoisotopic (exact) mass is 422 g/mol. The first-order valence-electron chi connectivity index (χ1n) is 9.30. The molecule has 0 heterocycles. The molecule has 0 aliphatic heterocycles. The molecule has 160 valence electrons. The van der Waals surface area contributed by atoms with Crippen LogP contribution in [0.15, 0.2) is 29.3 Å². The van der Waals surface area contributed by atoms with E-state index in [0.29, 0.717) is 38.6 Å². The molecule has 28 heavy (non-hydrogen) atoms. The zero-order valence-electron chi connectivity index (χ0n) is 16.5. The van der Waals surface area contributed by atoms with Crippen LogP contribution in [0.4, 0.5) is 13.2 Å². The summed E-state index contributed by atoms with van der Waals surface area (Å²) in [5.74, 6) is 0.397. The van der Waals surface area contributed by atoms with Crippen LogP contribution in [-0.2, 0) is 22.6 Å². The van der Waals surface area contributed by atoms with Gasteiger partial charge in [-0.05, 0) is 31.0 Å². The number of rotatable bonds is 10. The van der Waals surface area contributed by atoms with E-state index in [1.54, 1.807) is 13.8 Å². The molecule has 0 atom stereocenters. The van der Waals surface area contributed by atoms with Gasteiger partial charge in [-0.1, -0.05) is 26.0 Å². The number of nitrogens with zero attached hydrogens (tertiary/aromatic N) is 2. The van der Waals surface area contributed by atoms with Gasteiger partial charge in [0, 0.05) is 26.2 Å². The second-order valence-electron chi connectivity index (χ2n) is 6.03. The summed E-state index contributed by atoms with van der Waals surface area (Å²) in [6, 6.07) is 5.02. The SMILES string of the molecule is CCNC(=NCCS(=O)(=O)N(CC)CC)NCCc1ccc(C(F)(F)F)cc1. The van der Waals surface area contributed by atoms with Crippen molar-refractivity contribution in [3.8, 4) is 0 Å². The van der Waals surface area contributed by atoms with Crippen LogP contribution in [0.5, 0.6) is 0 Å². The summed E-state index contributed by atoms with van der Waals surface area (Å²) in [5, 5.41) is 6.09. The zero-order chi connectivity index (χ0) is 21.2. The summed E-state index contributed by atoms with van der Waals surface area (Å²) < 4.78 is 63.5. The van der Waals surface area contributed by atoms with E-state index >= 15 is 0 Å². The maximum Gasteiger partial charge on any atom is 0.416 e. The van der Waals surface area contributed by atoms with Gasteiger partial charge in [0.1, 0.15) is 0 Å². The number of nitrogens with one attached hydrogen (secondary N) is 2. The van der Waals surface area contributed by atoms with Gasteiger partial charge in [-0.3, -0.25) is 4.99 Å². The predicted molar refractivity (Wildman–Crippen MR) is 106 cm³/mol. The lowest BCUT2D eigenvalue weighted by Crippen LogP contribution is -2.39. The normalized spacial score (nSPS) is 13.0. The highest BCUT2D eigenvalue weighted by Gasteiger charge is 2.29. The Kier molecular flexibility index (Phi) is 9.74. The molecular formula is C18H29F3N4O2S. The number of halogens is 3. The first kappa shape index (κ1) is 24.2. The van der Waals surface area contributed by atoms with Gasteiger partial charge in [0.05, 0.1) is 17.9 Å². The fourth-order valence-corrected chi connectivity index (χ4v) is 3.91. The van der Waals surface area contributed by atoms with E-state index in [9.17, 15) is 21.6 Å². The highest BCUT2D eigenvalue weighted by atomic mass is 32.2. The number of aliphatic imine (C=N–C) groups is 1. The number of sulfonamides is 1. The minimum absolute atomic E-state index is 0.0792. The largest absolute Gasteiger partial charge is 0.416 e. The first-order valence-corrected chi connectivity index (χ1v) is 10.9. The third-order valence-corrected chi connectivity index (χ3v) is 6.05. The van der Waals surface area contributed by atoms with Gasteiger partial charge in [-0.25, -0.2) is 12.7 Å². The number of guanidine groups is 1. The molecule has 0 bridgehead atoms. The molecule has 0 amide bonds. The van der Waals surface area contributed by atoms with Gasteiger partial charge in [0.2, 0.25) is 10.0 Å². The summed E-state index contributed by atoms with van der Waals surface area (Å²) in [7, 11) is -3.33. The quantitative estimate of drug-likeness (QED) is 0.449. The van der Waals surface area contributed by atoms with Crippen LogP contribution in [0.3, 0.4) is 0 Å². The van der Waals surface area contributed by atoms with Crippen LogP contribution in [-0.4, -0.2) is 57.2 Å². The first-order chi connectivity index (χ1) is 13.1. The Morgan fingerprint density at radius 3 is 2.18 bits per heavy atom. The molecule has 1 aromatic rings. The molecule has 1 rings (SSSR count). The van der Waals surface area contributed by atoms with Crippen LogP contribution in [0.2, 0.25) is 0 Å². The van der Waals surface area contributed by atoms with Crippen LogP contribution in [0.25, 0.3) is 0 Å². The fourth-order valence-electron chi connectivity index (χ4n) is 2.55. The summed E-state index contributed by atoms with van der Waals surface area (Å²) in [4.78, 5) is 4.27. The average Bonchev–Trinajstić information content (AvgIpc) is 2.62. The van der Waals surface area contributed by atoms with Crippen LogP contribution in [0, 0.1) is 0 Å². The second-order valence-corrected chi connectivity index (χ2v) is 8.12. The Morgan fingerprint density at radius 2 is 1.68 bits per heavy atom. The Balaban J connectivity index is 2.57. The summed E-state index contributed by atoms with van der Waals surface area (Å²) >= 11 is 0. The van der Waals surface area contributed by atoms with Gasteiger partial charge in [-0.15, -0.1) is 0 Å². The highest BCUT2D eigenvalue weighted by molar-refractivity contribution is 7.89. The maximum atomic E-state index is 12.6. The average molecular weight is 423 g/mol. The molecule has 0 fully saturated rings. The molecule has 0 saturated carbocycles. The fraction of sp³-hybridized carbons (Fsp3) is 0.611. The molecule has 0 aliphatic carbocycles. The van der Waals surface area contributed by atoms with Gasteiger partial charge < -0.3 is 10.6 Å². The molecule has 0 spiro atoms. The van der Waals surface area contributed by atoms with Crippen molar-refractivity contribution in [1.29, 1.82) is 0 Å². The summed E-state index contributed by atoms with van der Waals surface area (Å²) in [6.07, 6.45) is -3.83. The topological polar surface area (TPSA) is 73.8 Å². The lowest BCUT2D eigenvalue weighted by molar-refractivity contribution is -0.137. The van der Waals surface area contributed by atoms with Crippen LogP contribution < -0.4 is 10.6 Å². The van der Waals surface area contributed by atoms with Crippen molar-refractivity contribution in [2.75, 3.05) is 38.5 Å². The van der Waals surface area contributed by atoms with E-state index in [1.165, 1.54) is 16.4 Å². The standard InChI is InChI=1S/C18H29F3N4O2S/c1-4-22-17(24-13-14-28(26,27)25(5-2)6-3)23-12-11-15-7-9-16(10-8-15)18(19,20)21/h7-10H,4-6,11-14H2,1-3H3,(H2,22,23,24). The van der Waals surface area contributed by atoms with Crippen molar-refractivity contribution < 1.29 is 21.6 Å². The van der Waals surface area contributed by atoms with Crippen molar-refractivity contribution >= 4 is 16.0 Å². The molecule has 0 aliphatic rings. The van der Waals surface area contributed by atoms with Crippen molar-refractivity contribution in [1.82, 2.24) is 14.9 Å². The Morgan fingerprint density at radius 1 is 1.07 bits per heavy atom. The lowest BCUT2D eigenvalue weighted by Gasteiger charge is -2.18. The molecular weight excluding hydrogens is 393 g/mol. The molecule has 0 unspecified atom stereocenters. The number of alkyl halides is 3. The van der Waals surface area contributed by atoms with E-state index in [-0.39, 0.29) is 12.3 Å². The van der Waals surface area contributed by atoms with Gasteiger partial charge >= 0.3 is 6.18 Å². The third-order valence-electron chi connectivity index (χ3n) is 4.05.